The Kier molecular flexibility index (Phi) is 10.6. The molecule has 2 aliphatic heterocycles. The van der Waals surface area contributed by atoms with E-state index < -0.39 is 0 Å². The summed E-state index contributed by atoms with van der Waals surface area (Å²) in [6, 6.07) is 18.2. The first-order chi connectivity index (χ1) is 22.5. The number of aromatic nitrogens is 3. The summed E-state index contributed by atoms with van der Waals surface area (Å²) in [7, 11) is 3.41. The van der Waals surface area contributed by atoms with Gasteiger partial charge in [-0.15, -0.1) is 0 Å². The van der Waals surface area contributed by atoms with Gasteiger partial charge in [0.25, 0.3) is 5.91 Å². The van der Waals surface area contributed by atoms with Crippen molar-refractivity contribution in [3.8, 4) is 11.5 Å². The minimum atomic E-state index is -0.287. The van der Waals surface area contributed by atoms with Gasteiger partial charge in [0.15, 0.2) is 5.82 Å². The molecule has 0 atom stereocenters. The number of hydrogen-bond donors (Lipinski definition) is 3. The monoisotopic (exact) mass is 623 g/mol. The maximum Gasteiger partial charge on any atom is 0.330 e. The largest absolute Gasteiger partial charge is 0.457 e. The number of pyridine rings is 1. The Morgan fingerprint density at radius 2 is 1.70 bits per heavy atom. The van der Waals surface area contributed by atoms with Crippen molar-refractivity contribution in [1.29, 1.82) is 0 Å². The Morgan fingerprint density at radius 1 is 0.913 bits per heavy atom. The van der Waals surface area contributed by atoms with Gasteiger partial charge in [0.2, 0.25) is 5.95 Å². The van der Waals surface area contributed by atoms with Gasteiger partial charge in [0, 0.05) is 62.6 Å². The van der Waals surface area contributed by atoms with Crippen molar-refractivity contribution in [2.24, 2.45) is 0 Å². The van der Waals surface area contributed by atoms with Crippen molar-refractivity contribution in [3.05, 3.63) is 84.3 Å². The van der Waals surface area contributed by atoms with Gasteiger partial charge in [0.05, 0.1) is 12.2 Å². The first kappa shape index (κ1) is 32.2. The number of benzene rings is 2. The fourth-order valence-corrected chi connectivity index (χ4v) is 5.34. The molecule has 6 rings (SSSR count). The zero-order valence-electron chi connectivity index (χ0n) is 26.8. The third-order valence-corrected chi connectivity index (χ3v) is 7.69. The molecular weight excluding hydrogens is 582 g/mol. The normalized spacial score (nSPS) is 14.2. The molecule has 240 valence electrons. The number of fused-ring (bicyclic) bond motifs is 1. The lowest BCUT2D eigenvalue weighted by Gasteiger charge is -2.37. The average molecular weight is 624 g/mol. The van der Waals surface area contributed by atoms with Gasteiger partial charge in [-0.1, -0.05) is 19.9 Å². The van der Waals surface area contributed by atoms with E-state index in [9.17, 15) is 9.59 Å². The van der Waals surface area contributed by atoms with Crippen LogP contribution in [0.3, 0.4) is 0 Å². The molecule has 3 N–H and O–H groups in total. The second-order valence-corrected chi connectivity index (χ2v) is 10.6. The standard InChI is InChI=1S/C32H35N9O3.C2H6/c1-33-24-6-5-7-25(18-24)41-29-22(21-40(32(41)43)17-16-39-14-3-4-15-39)20-36-31(38-29)37-23-8-10-26(11-9-23)44-27-12-13-35-28(19-27)30(42)34-2;1-2/h5-13,18-20,33H,3-4,14-17,21H2,1-2H3,(H,34,42)(H,36,37,38);1-2H3. The molecule has 46 heavy (non-hydrogen) atoms. The average Bonchev–Trinajstić information content (AvgIpc) is 3.63. The summed E-state index contributed by atoms with van der Waals surface area (Å²) in [6.45, 7) is 8.11. The van der Waals surface area contributed by atoms with Crippen molar-refractivity contribution in [1.82, 2.24) is 30.1 Å². The van der Waals surface area contributed by atoms with E-state index in [1.165, 1.54) is 19.0 Å². The molecule has 0 spiro atoms. The van der Waals surface area contributed by atoms with Crippen LogP contribution in [-0.4, -0.2) is 77.0 Å². The second-order valence-electron chi connectivity index (χ2n) is 10.6. The van der Waals surface area contributed by atoms with Crippen molar-refractivity contribution in [3.63, 3.8) is 0 Å². The number of likely N-dealkylation sites (tertiary alicyclic amines) is 1. The number of rotatable bonds is 10. The van der Waals surface area contributed by atoms with Crippen molar-refractivity contribution in [2.75, 3.05) is 55.8 Å². The molecule has 3 amide bonds. The van der Waals surface area contributed by atoms with Gasteiger partial charge < -0.3 is 30.5 Å². The lowest BCUT2D eigenvalue weighted by molar-refractivity contribution is 0.0957. The number of amides is 3. The minimum absolute atomic E-state index is 0.105. The van der Waals surface area contributed by atoms with Gasteiger partial charge in [-0.05, 0) is 74.5 Å². The summed E-state index contributed by atoms with van der Waals surface area (Å²) in [6.07, 6.45) is 5.74. The van der Waals surface area contributed by atoms with Crippen LogP contribution in [-0.2, 0) is 6.54 Å². The van der Waals surface area contributed by atoms with Crippen LogP contribution in [0.2, 0.25) is 0 Å². The molecule has 0 aliphatic carbocycles. The second kappa shape index (κ2) is 15.2. The van der Waals surface area contributed by atoms with Gasteiger partial charge in [-0.2, -0.15) is 4.98 Å². The number of anilines is 5. The summed E-state index contributed by atoms with van der Waals surface area (Å²) < 4.78 is 5.91. The van der Waals surface area contributed by atoms with Crippen LogP contribution in [0.15, 0.2) is 73.1 Å². The number of hydrogen-bond acceptors (Lipinski definition) is 9. The van der Waals surface area contributed by atoms with Crippen LogP contribution in [0.4, 0.5) is 33.6 Å². The summed E-state index contributed by atoms with van der Waals surface area (Å²) in [5.74, 6) is 1.73. The number of carbonyl (C=O) groups is 2. The Bertz CT molecular complexity index is 1640. The molecule has 12 heteroatoms. The third kappa shape index (κ3) is 7.52. The first-order valence-corrected chi connectivity index (χ1v) is 15.7. The van der Waals surface area contributed by atoms with E-state index in [0.717, 1.165) is 42.3 Å². The fourth-order valence-electron chi connectivity index (χ4n) is 5.34. The molecule has 0 saturated carbocycles. The lowest BCUT2D eigenvalue weighted by atomic mass is 10.1. The Hall–Kier alpha value is -5.23. The molecule has 1 fully saturated rings. The third-order valence-electron chi connectivity index (χ3n) is 7.69. The fraction of sp³-hybridized carbons (Fsp3) is 0.324. The zero-order valence-corrected chi connectivity index (χ0v) is 26.8. The summed E-state index contributed by atoms with van der Waals surface area (Å²) in [5.41, 5.74) is 3.53. The van der Waals surface area contributed by atoms with Gasteiger partial charge in [-0.3, -0.25) is 9.78 Å². The molecule has 2 aromatic heterocycles. The predicted octanol–water partition coefficient (Wildman–Crippen LogP) is 6.00. The molecule has 0 unspecified atom stereocenters. The van der Waals surface area contributed by atoms with E-state index in [-0.39, 0.29) is 17.6 Å². The predicted molar refractivity (Wildman–Crippen MR) is 180 cm³/mol. The molecule has 1 saturated heterocycles. The van der Waals surface area contributed by atoms with Crippen molar-refractivity contribution >= 4 is 40.8 Å². The van der Waals surface area contributed by atoms with Gasteiger partial charge >= 0.3 is 6.03 Å². The van der Waals surface area contributed by atoms with Crippen LogP contribution in [0.1, 0.15) is 42.7 Å². The highest BCUT2D eigenvalue weighted by Gasteiger charge is 2.34. The van der Waals surface area contributed by atoms with Crippen LogP contribution in [0.25, 0.3) is 0 Å². The number of carbonyl (C=O) groups excluding carboxylic acids is 2. The highest BCUT2D eigenvalue weighted by Crippen LogP contribution is 2.35. The van der Waals surface area contributed by atoms with E-state index >= 15 is 0 Å². The zero-order chi connectivity index (χ0) is 32.5. The summed E-state index contributed by atoms with van der Waals surface area (Å²) in [5, 5.41) is 8.96. The highest BCUT2D eigenvalue weighted by atomic mass is 16.5. The van der Waals surface area contributed by atoms with E-state index in [2.05, 4.69) is 30.8 Å². The lowest BCUT2D eigenvalue weighted by Crippen LogP contribution is -2.47. The summed E-state index contributed by atoms with van der Waals surface area (Å²) >= 11 is 0. The molecular formula is C34H41N9O3. The smallest absolute Gasteiger partial charge is 0.330 e. The van der Waals surface area contributed by atoms with E-state index in [0.29, 0.717) is 36.4 Å². The topological polar surface area (TPSA) is 128 Å². The number of nitrogens with one attached hydrogen (secondary N) is 3. The molecule has 0 radical (unpaired) electrons. The van der Waals surface area contributed by atoms with Gasteiger partial charge in [-0.25, -0.2) is 14.7 Å². The summed E-state index contributed by atoms with van der Waals surface area (Å²) in [4.78, 5) is 45.2. The SMILES string of the molecule is CC.CNC(=O)c1cc(Oc2ccc(Nc3ncc4c(n3)N(c3cccc(NC)c3)C(=O)N(CCN3CCCC3)C4)cc2)ccn1. The molecule has 4 heterocycles. The number of ether oxygens (including phenoxy) is 1. The van der Waals surface area contributed by atoms with E-state index in [1.807, 2.05) is 62.2 Å². The first-order valence-electron chi connectivity index (χ1n) is 15.7. The Balaban J connectivity index is 0.00000204. The Morgan fingerprint density at radius 3 is 2.43 bits per heavy atom. The van der Waals surface area contributed by atoms with E-state index in [4.69, 9.17) is 9.72 Å². The highest BCUT2D eigenvalue weighted by molar-refractivity contribution is 6.01. The maximum atomic E-state index is 13.9. The van der Waals surface area contributed by atoms with Gasteiger partial charge in [0.1, 0.15) is 17.2 Å². The van der Waals surface area contributed by atoms with Crippen LogP contribution >= 0.6 is 0 Å². The van der Waals surface area contributed by atoms with Crippen LogP contribution in [0, 0.1) is 0 Å². The van der Waals surface area contributed by atoms with Crippen molar-refractivity contribution in [2.45, 2.75) is 33.2 Å². The van der Waals surface area contributed by atoms with E-state index in [1.54, 1.807) is 42.4 Å². The molecule has 2 aliphatic rings. The Labute approximate surface area is 269 Å². The van der Waals surface area contributed by atoms with Crippen molar-refractivity contribution < 1.29 is 14.3 Å². The minimum Gasteiger partial charge on any atom is -0.457 e. The number of urea groups is 1. The molecule has 4 aromatic rings. The maximum absolute atomic E-state index is 13.9. The quantitative estimate of drug-likeness (QED) is 0.195. The molecule has 12 nitrogen and oxygen atoms in total. The number of nitrogens with zero attached hydrogens (tertiary/aromatic N) is 6. The van der Waals surface area contributed by atoms with Crippen LogP contribution in [0.5, 0.6) is 11.5 Å². The molecule has 0 bridgehead atoms. The molecule has 2 aromatic carbocycles. The van der Waals surface area contributed by atoms with Crippen LogP contribution < -0.4 is 25.6 Å².